The van der Waals surface area contributed by atoms with Crippen LogP contribution >= 0.6 is 0 Å². The first kappa shape index (κ1) is 16.2. The minimum Gasteiger partial charge on any atom is -0.379 e. The van der Waals surface area contributed by atoms with Crippen LogP contribution in [0, 0.1) is 12.7 Å². The van der Waals surface area contributed by atoms with Crippen molar-refractivity contribution in [3.8, 4) is 0 Å². The van der Waals surface area contributed by atoms with Crippen molar-refractivity contribution in [3.05, 3.63) is 35.1 Å². The zero-order chi connectivity index (χ0) is 16.4. The molecular formula is C17H24FN3O2. The number of urea groups is 1. The average molecular weight is 321 g/mol. The van der Waals surface area contributed by atoms with Crippen molar-refractivity contribution in [2.75, 3.05) is 32.8 Å². The predicted octanol–water partition coefficient (Wildman–Crippen LogP) is 2.05. The van der Waals surface area contributed by atoms with Gasteiger partial charge >= 0.3 is 6.03 Å². The topological polar surface area (TPSA) is 58.8 Å². The first-order valence-corrected chi connectivity index (χ1v) is 8.20. The lowest BCUT2D eigenvalue weighted by atomic mass is 9.88. The van der Waals surface area contributed by atoms with Crippen molar-refractivity contribution in [3.63, 3.8) is 0 Å². The standard InChI is InChI=1S/C17H24FN3O2/c1-12-10-13(18)2-3-15(12)16-11-14(4-5-21(16)17(19)22)20-6-8-23-9-7-20/h2-3,10,14,16H,4-9,11H2,1H3,(H2,19,22). The van der Waals surface area contributed by atoms with Gasteiger partial charge in [0, 0.05) is 25.7 Å². The highest BCUT2D eigenvalue weighted by atomic mass is 19.1. The average Bonchev–Trinajstić information content (AvgIpc) is 2.55. The third-order valence-electron chi connectivity index (χ3n) is 5.01. The summed E-state index contributed by atoms with van der Waals surface area (Å²) in [5.74, 6) is -0.252. The van der Waals surface area contributed by atoms with Gasteiger partial charge in [0.15, 0.2) is 0 Å². The number of hydrogen-bond donors (Lipinski definition) is 1. The zero-order valence-corrected chi connectivity index (χ0v) is 13.5. The largest absolute Gasteiger partial charge is 0.379 e. The third-order valence-corrected chi connectivity index (χ3v) is 5.01. The molecule has 2 aliphatic heterocycles. The number of carbonyl (C=O) groups excluding carboxylic acids is 1. The maximum absolute atomic E-state index is 13.4. The molecule has 6 heteroatoms. The van der Waals surface area contributed by atoms with Gasteiger partial charge < -0.3 is 15.4 Å². The van der Waals surface area contributed by atoms with Crippen LogP contribution in [0.2, 0.25) is 0 Å². The molecule has 0 bridgehead atoms. The van der Waals surface area contributed by atoms with Crippen molar-refractivity contribution < 1.29 is 13.9 Å². The monoisotopic (exact) mass is 321 g/mol. The third kappa shape index (κ3) is 3.48. The van der Waals surface area contributed by atoms with E-state index >= 15 is 0 Å². The summed E-state index contributed by atoms with van der Waals surface area (Å²) in [6.45, 7) is 5.90. The fraction of sp³-hybridized carbons (Fsp3) is 0.588. The molecule has 2 heterocycles. The smallest absolute Gasteiger partial charge is 0.315 e. The Morgan fingerprint density at radius 2 is 2.04 bits per heavy atom. The molecule has 3 rings (SSSR count). The fourth-order valence-corrected chi connectivity index (χ4v) is 3.79. The Bertz CT molecular complexity index is 575. The van der Waals surface area contributed by atoms with Gasteiger partial charge in [-0.2, -0.15) is 0 Å². The summed E-state index contributed by atoms with van der Waals surface area (Å²) in [5, 5.41) is 0. The molecule has 0 aliphatic carbocycles. The second-order valence-corrected chi connectivity index (χ2v) is 6.37. The molecule has 0 aromatic heterocycles. The number of nitrogens with two attached hydrogens (primary N) is 1. The van der Waals surface area contributed by atoms with E-state index in [2.05, 4.69) is 4.90 Å². The Morgan fingerprint density at radius 1 is 1.30 bits per heavy atom. The molecule has 2 fully saturated rings. The maximum atomic E-state index is 13.4. The molecule has 0 radical (unpaired) electrons. The number of primary amides is 1. The Morgan fingerprint density at radius 3 is 2.70 bits per heavy atom. The fourth-order valence-electron chi connectivity index (χ4n) is 3.79. The lowest BCUT2D eigenvalue weighted by Crippen LogP contribution is -2.52. The van der Waals surface area contributed by atoms with Gasteiger partial charge in [-0.25, -0.2) is 9.18 Å². The normalized spacial score (nSPS) is 26.3. The number of hydrogen-bond acceptors (Lipinski definition) is 3. The van der Waals surface area contributed by atoms with Crippen molar-refractivity contribution in [2.24, 2.45) is 5.73 Å². The van der Waals surface area contributed by atoms with Crippen LogP contribution in [-0.2, 0) is 4.74 Å². The van der Waals surface area contributed by atoms with E-state index in [-0.39, 0.29) is 11.9 Å². The van der Waals surface area contributed by atoms with Crippen molar-refractivity contribution in [2.45, 2.75) is 31.8 Å². The highest BCUT2D eigenvalue weighted by molar-refractivity contribution is 5.73. The van der Waals surface area contributed by atoms with Crippen LogP contribution in [0.15, 0.2) is 18.2 Å². The molecule has 2 N–H and O–H groups in total. The summed E-state index contributed by atoms with van der Waals surface area (Å²) in [7, 11) is 0. The number of benzene rings is 1. The quantitative estimate of drug-likeness (QED) is 0.907. The van der Waals surface area contributed by atoms with Crippen LogP contribution in [0.25, 0.3) is 0 Å². The Balaban J connectivity index is 1.84. The Labute approximate surface area is 136 Å². The SMILES string of the molecule is Cc1cc(F)ccc1C1CC(N2CCOCC2)CCN1C(N)=O. The van der Waals surface area contributed by atoms with E-state index in [1.807, 2.05) is 6.92 Å². The van der Waals surface area contributed by atoms with Gasteiger partial charge in [0.05, 0.1) is 19.3 Å². The number of piperidine rings is 1. The van der Waals surface area contributed by atoms with Crippen LogP contribution in [0.1, 0.15) is 30.0 Å². The van der Waals surface area contributed by atoms with E-state index in [1.54, 1.807) is 11.0 Å². The van der Waals surface area contributed by atoms with Crippen molar-refractivity contribution >= 4 is 6.03 Å². The number of ether oxygens (including phenoxy) is 1. The maximum Gasteiger partial charge on any atom is 0.315 e. The lowest BCUT2D eigenvalue weighted by Gasteiger charge is -2.44. The van der Waals surface area contributed by atoms with Crippen molar-refractivity contribution in [1.29, 1.82) is 0 Å². The molecule has 2 saturated heterocycles. The van der Waals surface area contributed by atoms with Crippen LogP contribution in [0.3, 0.4) is 0 Å². The molecule has 2 unspecified atom stereocenters. The number of aryl methyl sites for hydroxylation is 1. The van der Waals surface area contributed by atoms with Crippen molar-refractivity contribution in [1.82, 2.24) is 9.80 Å². The molecule has 1 aromatic carbocycles. The minimum absolute atomic E-state index is 0.0882. The number of halogens is 1. The van der Waals surface area contributed by atoms with E-state index in [0.29, 0.717) is 12.6 Å². The first-order valence-electron chi connectivity index (χ1n) is 8.20. The van der Waals surface area contributed by atoms with Gasteiger partial charge in [0.2, 0.25) is 0 Å². The molecule has 2 amide bonds. The molecule has 23 heavy (non-hydrogen) atoms. The zero-order valence-electron chi connectivity index (χ0n) is 13.5. The summed E-state index contributed by atoms with van der Waals surface area (Å²) in [4.78, 5) is 16.0. The number of likely N-dealkylation sites (tertiary alicyclic amines) is 1. The minimum atomic E-state index is -0.404. The molecule has 126 valence electrons. The van der Waals surface area contributed by atoms with Crippen LogP contribution < -0.4 is 5.73 Å². The van der Waals surface area contributed by atoms with Crippen LogP contribution in [0.5, 0.6) is 0 Å². The van der Waals surface area contributed by atoms with E-state index in [9.17, 15) is 9.18 Å². The predicted molar refractivity (Wildman–Crippen MR) is 85.6 cm³/mol. The number of nitrogens with zero attached hydrogens (tertiary/aromatic N) is 2. The molecule has 0 spiro atoms. The second-order valence-electron chi connectivity index (χ2n) is 6.37. The van der Waals surface area contributed by atoms with E-state index in [4.69, 9.17) is 10.5 Å². The molecular weight excluding hydrogens is 297 g/mol. The van der Waals surface area contributed by atoms with Crippen LogP contribution in [-0.4, -0.2) is 54.7 Å². The Kier molecular flexibility index (Phi) is 4.82. The number of amides is 2. The molecule has 2 atom stereocenters. The summed E-state index contributed by atoms with van der Waals surface area (Å²) in [6, 6.07) is 4.68. The summed E-state index contributed by atoms with van der Waals surface area (Å²) >= 11 is 0. The summed E-state index contributed by atoms with van der Waals surface area (Å²) in [6.07, 6.45) is 1.75. The highest BCUT2D eigenvalue weighted by Gasteiger charge is 2.35. The summed E-state index contributed by atoms with van der Waals surface area (Å²) < 4.78 is 18.8. The van der Waals surface area contributed by atoms with E-state index in [0.717, 1.165) is 50.3 Å². The van der Waals surface area contributed by atoms with E-state index in [1.165, 1.54) is 12.1 Å². The van der Waals surface area contributed by atoms with Gasteiger partial charge in [-0.1, -0.05) is 6.07 Å². The number of morpholine rings is 1. The summed E-state index contributed by atoms with van der Waals surface area (Å²) in [5.41, 5.74) is 7.43. The van der Waals surface area contributed by atoms with Gasteiger partial charge in [-0.15, -0.1) is 0 Å². The molecule has 0 saturated carbocycles. The lowest BCUT2D eigenvalue weighted by molar-refractivity contribution is -0.00443. The molecule has 1 aromatic rings. The molecule has 2 aliphatic rings. The van der Waals surface area contributed by atoms with Gasteiger partial charge in [0.1, 0.15) is 5.82 Å². The van der Waals surface area contributed by atoms with Gasteiger partial charge in [0.25, 0.3) is 0 Å². The van der Waals surface area contributed by atoms with Crippen LogP contribution in [0.4, 0.5) is 9.18 Å². The highest BCUT2D eigenvalue weighted by Crippen LogP contribution is 2.35. The van der Waals surface area contributed by atoms with Gasteiger partial charge in [-0.3, -0.25) is 4.90 Å². The number of carbonyl (C=O) groups is 1. The first-order chi connectivity index (χ1) is 11.1. The Hall–Kier alpha value is -1.66. The van der Waals surface area contributed by atoms with Gasteiger partial charge in [-0.05, 0) is 43.0 Å². The van der Waals surface area contributed by atoms with E-state index < -0.39 is 6.03 Å². The second kappa shape index (κ2) is 6.84. The number of rotatable bonds is 2. The molecule has 5 nitrogen and oxygen atoms in total.